The number of likely N-dealkylation sites (tertiary alicyclic amines) is 1. The number of ether oxygens (including phenoxy) is 1. The molecule has 0 N–H and O–H groups in total. The second-order valence-corrected chi connectivity index (χ2v) is 7.72. The number of carbonyl (C=O) groups excluding carboxylic acids is 2. The number of rotatable bonds is 4. The maximum absolute atomic E-state index is 13.5. The lowest BCUT2D eigenvalue weighted by Gasteiger charge is -2.31. The molecule has 0 bridgehead atoms. The van der Waals surface area contributed by atoms with E-state index in [0.29, 0.717) is 51.6 Å². The van der Waals surface area contributed by atoms with Gasteiger partial charge in [0.15, 0.2) is 0 Å². The van der Waals surface area contributed by atoms with Crippen LogP contribution in [0, 0.1) is 17.3 Å². The third kappa shape index (κ3) is 3.71. The Bertz CT molecular complexity index is 928. The largest absolute Gasteiger partial charge is 0.466 e. The van der Waals surface area contributed by atoms with E-state index in [4.69, 9.17) is 4.74 Å². The fraction of sp³-hybridized carbons (Fsp3) is 0.476. The number of hydrogen-bond donors (Lipinski definition) is 0. The minimum atomic E-state index is -0.728. The van der Waals surface area contributed by atoms with Gasteiger partial charge in [0, 0.05) is 62.3 Å². The van der Waals surface area contributed by atoms with Crippen molar-refractivity contribution in [2.75, 3.05) is 37.7 Å². The van der Waals surface area contributed by atoms with Gasteiger partial charge in [-0.25, -0.2) is 15.0 Å². The lowest BCUT2D eigenvalue weighted by Crippen LogP contribution is -2.43. The Hall–Kier alpha value is -3.10. The molecule has 2 aromatic heterocycles. The number of hydrogen-bond acceptors (Lipinski definition) is 7. The van der Waals surface area contributed by atoms with Crippen LogP contribution < -0.4 is 4.90 Å². The van der Waals surface area contributed by atoms with Crippen molar-refractivity contribution in [2.24, 2.45) is 11.3 Å². The van der Waals surface area contributed by atoms with Crippen LogP contribution in [0.15, 0.2) is 36.8 Å². The Morgan fingerprint density at radius 2 is 2.03 bits per heavy atom. The normalized spacial score (nSPS) is 23.6. The molecule has 0 saturated carbocycles. The van der Waals surface area contributed by atoms with Gasteiger partial charge in [-0.2, -0.15) is 4.39 Å². The van der Waals surface area contributed by atoms with Crippen LogP contribution in [0.4, 0.5) is 10.3 Å². The van der Waals surface area contributed by atoms with Crippen LogP contribution in [0.3, 0.4) is 0 Å². The van der Waals surface area contributed by atoms with Gasteiger partial charge in [0.05, 0.1) is 12.0 Å². The van der Waals surface area contributed by atoms with E-state index in [1.807, 2.05) is 4.90 Å². The second kappa shape index (κ2) is 8.33. The van der Waals surface area contributed by atoms with E-state index >= 15 is 0 Å². The minimum Gasteiger partial charge on any atom is -0.466 e. The van der Waals surface area contributed by atoms with Crippen molar-refractivity contribution in [2.45, 2.75) is 19.8 Å². The monoisotopic (exact) mass is 413 g/mol. The molecule has 8 nitrogen and oxygen atoms in total. The standard InChI is InChI=1S/C21H24FN5O3/c1-2-30-19(29)21-6-3-10-26(18(28)15-5-9-23-17(22)11-15)12-16(21)13-27(14-21)20-24-7-4-8-25-20/h4-5,7-9,11,16H,2-3,6,10,12-14H2,1H3/t16-,21+/m0/s1. The molecule has 30 heavy (non-hydrogen) atoms. The summed E-state index contributed by atoms with van der Waals surface area (Å²) in [6, 6.07) is 4.39. The molecule has 0 aromatic carbocycles. The number of anilines is 1. The molecule has 2 atom stereocenters. The predicted octanol–water partition coefficient (Wildman–Crippen LogP) is 1.93. The van der Waals surface area contributed by atoms with E-state index < -0.39 is 11.4 Å². The molecule has 0 unspecified atom stereocenters. The summed E-state index contributed by atoms with van der Waals surface area (Å²) in [5.74, 6) is -0.769. The zero-order valence-corrected chi connectivity index (χ0v) is 16.8. The van der Waals surface area contributed by atoms with Gasteiger partial charge >= 0.3 is 5.97 Å². The van der Waals surface area contributed by atoms with E-state index in [2.05, 4.69) is 15.0 Å². The first-order valence-corrected chi connectivity index (χ1v) is 10.1. The number of halogens is 1. The van der Waals surface area contributed by atoms with E-state index in [9.17, 15) is 14.0 Å². The molecule has 2 fully saturated rings. The molecule has 158 valence electrons. The van der Waals surface area contributed by atoms with Gasteiger partial charge in [0.2, 0.25) is 11.9 Å². The van der Waals surface area contributed by atoms with Gasteiger partial charge in [-0.05, 0) is 31.9 Å². The molecule has 2 saturated heterocycles. The zero-order valence-electron chi connectivity index (χ0n) is 16.8. The average molecular weight is 413 g/mol. The number of pyridine rings is 1. The molecule has 9 heteroatoms. The maximum Gasteiger partial charge on any atom is 0.314 e. The Labute approximate surface area is 174 Å². The molecular formula is C21H24FN5O3. The number of aromatic nitrogens is 3. The summed E-state index contributed by atoms with van der Waals surface area (Å²) >= 11 is 0. The van der Waals surface area contributed by atoms with Gasteiger partial charge < -0.3 is 14.5 Å². The quantitative estimate of drug-likeness (QED) is 0.559. The third-order valence-corrected chi connectivity index (χ3v) is 5.96. The van der Waals surface area contributed by atoms with Crippen LogP contribution in [0.1, 0.15) is 30.1 Å². The van der Waals surface area contributed by atoms with E-state index in [1.165, 1.54) is 12.3 Å². The van der Waals surface area contributed by atoms with Gasteiger partial charge in [-0.1, -0.05) is 0 Å². The van der Waals surface area contributed by atoms with Crippen LogP contribution in [-0.4, -0.2) is 64.5 Å². The SMILES string of the molecule is CCOC(=O)[C@@]12CCCN(C(=O)c3ccnc(F)c3)C[C@H]1CN(c1ncccn1)C2. The smallest absolute Gasteiger partial charge is 0.314 e. The highest BCUT2D eigenvalue weighted by atomic mass is 19.1. The molecule has 1 amide bonds. The lowest BCUT2D eigenvalue weighted by atomic mass is 9.75. The fourth-order valence-electron chi connectivity index (χ4n) is 4.55. The summed E-state index contributed by atoms with van der Waals surface area (Å²) in [4.78, 5) is 42.0. The van der Waals surface area contributed by atoms with Crippen molar-refractivity contribution < 1.29 is 18.7 Å². The summed E-state index contributed by atoms with van der Waals surface area (Å²) in [5.41, 5.74) is -0.472. The van der Waals surface area contributed by atoms with Crippen LogP contribution in [0.25, 0.3) is 0 Å². The molecule has 2 aromatic rings. The highest BCUT2D eigenvalue weighted by Gasteiger charge is 2.55. The first-order valence-electron chi connectivity index (χ1n) is 10.1. The van der Waals surface area contributed by atoms with Crippen molar-refractivity contribution in [3.8, 4) is 0 Å². The van der Waals surface area contributed by atoms with Crippen LogP contribution in [0.5, 0.6) is 0 Å². The number of esters is 1. The van der Waals surface area contributed by atoms with Crippen molar-refractivity contribution in [1.29, 1.82) is 0 Å². The van der Waals surface area contributed by atoms with Crippen molar-refractivity contribution >= 4 is 17.8 Å². The molecule has 2 aliphatic heterocycles. The van der Waals surface area contributed by atoms with Crippen LogP contribution in [-0.2, 0) is 9.53 Å². The number of carbonyl (C=O) groups is 2. The molecule has 2 aliphatic rings. The highest BCUT2D eigenvalue weighted by Crippen LogP contribution is 2.44. The molecule has 4 heterocycles. The van der Waals surface area contributed by atoms with E-state index in [0.717, 1.165) is 6.07 Å². The van der Waals surface area contributed by atoms with Gasteiger partial charge in [0.25, 0.3) is 5.91 Å². The second-order valence-electron chi connectivity index (χ2n) is 7.72. The average Bonchev–Trinajstić information content (AvgIpc) is 3.03. The topological polar surface area (TPSA) is 88.5 Å². The Balaban J connectivity index is 1.62. The maximum atomic E-state index is 13.5. The first kappa shape index (κ1) is 20.2. The van der Waals surface area contributed by atoms with Crippen molar-refractivity contribution in [3.63, 3.8) is 0 Å². The van der Waals surface area contributed by atoms with Crippen LogP contribution >= 0.6 is 0 Å². The summed E-state index contributed by atoms with van der Waals surface area (Å²) < 4.78 is 19.0. The molecule has 0 aliphatic carbocycles. The van der Waals surface area contributed by atoms with Gasteiger partial charge in [0.1, 0.15) is 0 Å². The lowest BCUT2D eigenvalue weighted by molar-refractivity contribution is -0.157. The summed E-state index contributed by atoms with van der Waals surface area (Å²) in [5, 5.41) is 0. The summed E-state index contributed by atoms with van der Waals surface area (Å²) in [6.45, 7) is 3.96. The molecular weight excluding hydrogens is 389 g/mol. The van der Waals surface area contributed by atoms with Gasteiger partial charge in [-0.15, -0.1) is 0 Å². The Kier molecular flexibility index (Phi) is 5.61. The molecule has 0 radical (unpaired) electrons. The summed E-state index contributed by atoms with van der Waals surface area (Å²) in [6.07, 6.45) is 5.88. The molecule has 0 spiro atoms. The van der Waals surface area contributed by atoms with Crippen molar-refractivity contribution in [3.05, 3.63) is 48.3 Å². The third-order valence-electron chi connectivity index (χ3n) is 5.96. The predicted molar refractivity (Wildman–Crippen MR) is 106 cm³/mol. The number of nitrogens with zero attached hydrogens (tertiary/aromatic N) is 5. The molecule has 4 rings (SSSR count). The van der Waals surface area contributed by atoms with E-state index in [-0.39, 0.29) is 23.4 Å². The number of amides is 1. The van der Waals surface area contributed by atoms with E-state index in [1.54, 1.807) is 30.3 Å². The number of fused-ring (bicyclic) bond motifs is 1. The van der Waals surface area contributed by atoms with Crippen LogP contribution in [0.2, 0.25) is 0 Å². The first-order chi connectivity index (χ1) is 14.5. The Morgan fingerprint density at radius 3 is 2.77 bits per heavy atom. The minimum absolute atomic E-state index is 0.140. The van der Waals surface area contributed by atoms with Gasteiger partial charge in [-0.3, -0.25) is 9.59 Å². The highest BCUT2D eigenvalue weighted by molar-refractivity contribution is 5.94. The zero-order chi connectivity index (χ0) is 21.1. The van der Waals surface area contributed by atoms with Crippen molar-refractivity contribution in [1.82, 2.24) is 19.9 Å². The summed E-state index contributed by atoms with van der Waals surface area (Å²) in [7, 11) is 0. The fourth-order valence-corrected chi connectivity index (χ4v) is 4.55. The Morgan fingerprint density at radius 1 is 1.23 bits per heavy atom.